The topological polar surface area (TPSA) is 105 Å². The van der Waals surface area contributed by atoms with E-state index in [1.54, 1.807) is 18.2 Å². The van der Waals surface area contributed by atoms with Crippen LogP contribution < -0.4 is 20.2 Å². The summed E-state index contributed by atoms with van der Waals surface area (Å²) in [6, 6.07) is 6.06. The zero-order valence-corrected chi connectivity index (χ0v) is 16.0. The van der Waals surface area contributed by atoms with Gasteiger partial charge in [-0.1, -0.05) is 12.1 Å². The predicted octanol–water partition coefficient (Wildman–Crippen LogP) is 2.05. The molecule has 1 unspecified atom stereocenters. The maximum absolute atomic E-state index is 12.5. The molecule has 3 N–H and O–H groups in total. The van der Waals surface area contributed by atoms with Crippen LogP contribution in [0.5, 0.6) is 17.2 Å². The summed E-state index contributed by atoms with van der Waals surface area (Å²) < 4.78 is 10.8. The number of methoxy groups -OCH3 is 2. The maximum atomic E-state index is 12.5. The van der Waals surface area contributed by atoms with Crippen molar-refractivity contribution < 1.29 is 24.5 Å². The summed E-state index contributed by atoms with van der Waals surface area (Å²) in [5, 5.41) is 23.0. The highest BCUT2D eigenvalue weighted by molar-refractivity contribution is 5.83. The van der Waals surface area contributed by atoms with Crippen molar-refractivity contribution in [3.8, 4) is 28.4 Å². The van der Waals surface area contributed by atoms with E-state index in [0.29, 0.717) is 29.5 Å². The molecule has 2 aromatic rings. The van der Waals surface area contributed by atoms with Crippen LogP contribution in [-0.2, 0) is 17.8 Å². The van der Waals surface area contributed by atoms with Crippen molar-refractivity contribution in [2.24, 2.45) is 0 Å². The molecule has 148 valence electrons. The van der Waals surface area contributed by atoms with Gasteiger partial charge in [-0.15, -0.1) is 0 Å². The number of aromatic hydroxyl groups is 1. The van der Waals surface area contributed by atoms with Crippen molar-refractivity contribution in [3.05, 3.63) is 51.2 Å². The van der Waals surface area contributed by atoms with Crippen molar-refractivity contribution >= 4 is 5.91 Å². The fraction of sp³-hybridized carbons (Fsp3) is 0.333. The lowest BCUT2D eigenvalue weighted by Gasteiger charge is -2.18. The van der Waals surface area contributed by atoms with Crippen LogP contribution in [0.25, 0.3) is 11.1 Å². The monoisotopic (exact) mass is 385 g/mol. The van der Waals surface area contributed by atoms with Crippen LogP contribution in [0.3, 0.4) is 0 Å². The third-order valence-corrected chi connectivity index (χ3v) is 4.99. The van der Waals surface area contributed by atoms with Gasteiger partial charge in [0.2, 0.25) is 11.7 Å². The molecular weight excluding hydrogens is 362 g/mol. The molecule has 0 bridgehead atoms. The molecule has 1 aliphatic carbocycles. The zero-order chi connectivity index (χ0) is 20.4. The maximum Gasteiger partial charge on any atom is 0.217 e. The van der Waals surface area contributed by atoms with Gasteiger partial charge in [0.25, 0.3) is 0 Å². The van der Waals surface area contributed by atoms with Gasteiger partial charge in [0.15, 0.2) is 16.9 Å². The first-order valence-corrected chi connectivity index (χ1v) is 8.93. The molecule has 3 rings (SSSR count). The molecule has 0 spiro atoms. The Morgan fingerprint density at radius 1 is 1.25 bits per heavy atom. The van der Waals surface area contributed by atoms with Crippen LogP contribution in [0.4, 0.5) is 0 Å². The number of aryl methyl sites for hydroxylation is 1. The molecule has 0 saturated carbocycles. The van der Waals surface area contributed by atoms with E-state index in [0.717, 1.165) is 5.56 Å². The standard InChI is InChI=1S/C21H23NO6/c1-11(24)22-16-7-5-12-8-18(27-2)20(26)21(28-3)19(12)14-6-4-13(10-23)17(25)9-15(14)16/h4,6,8-9,16,23,26H,5,7,10H2,1-3H3,(H,22,24). The average molecular weight is 385 g/mol. The largest absolute Gasteiger partial charge is 0.502 e. The first-order chi connectivity index (χ1) is 13.4. The van der Waals surface area contributed by atoms with Gasteiger partial charge in [0.1, 0.15) is 0 Å². The Balaban J connectivity index is 2.40. The average Bonchev–Trinajstić information content (AvgIpc) is 2.90. The van der Waals surface area contributed by atoms with E-state index in [4.69, 9.17) is 9.47 Å². The minimum Gasteiger partial charge on any atom is -0.502 e. The lowest BCUT2D eigenvalue weighted by molar-refractivity contribution is -0.119. The number of phenols is 1. The second kappa shape index (κ2) is 7.90. The Bertz CT molecular complexity index is 985. The Morgan fingerprint density at radius 2 is 2.00 bits per heavy atom. The Morgan fingerprint density at radius 3 is 2.61 bits per heavy atom. The third-order valence-electron chi connectivity index (χ3n) is 4.99. The van der Waals surface area contributed by atoms with E-state index in [1.807, 2.05) is 0 Å². The molecule has 1 atom stereocenters. The van der Waals surface area contributed by atoms with Crippen molar-refractivity contribution in [1.82, 2.24) is 5.32 Å². The molecule has 0 aromatic heterocycles. The molecule has 0 fully saturated rings. The second-order valence-corrected chi connectivity index (χ2v) is 6.68. The van der Waals surface area contributed by atoms with Crippen LogP contribution in [0.1, 0.15) is 36.1 Å². The van der Waals surface area contributed by atoms with Gasteiger partial charge in [-0.3, -0.25) is 9.59 Å². The number of amides is 1. The molecule has 0 aliphatic heterocycles. The summed E-state index contributed by atoms with van der Waals surface area (Å²) in [5.74, 6) is 0.179. The molecule has 0 radical (unpaired) electrons. The third kappa shape index (κ3) is 3.41. The van der Waals surface area contributed by atoms with Gasteiger partial charge >= 0.3 is 0 Å². The highest BCUT2D eigenvalue weighted by atomic mass is 16.5. The van der Waals surface area contributed by atoms with E-state index in [-0.39, 0.29) is 34.1 Å². The number of carbonyl (C=O) groups excluding carboxylic acids is 1. The van der Waals surface area contributed by atoms with E-state index in [1.165, 1.54) is 27.2 Å². The van der Waals surface area contributed by atoms with Crippen molar-refractivity contribution in [2.75, 3.05) is 14.2 Å². The molecule has 0 heterocycles. The Kier molecular flexibility index (Phi) is 5.56. The number of hydrogen-bond donors (Lipinski definition) is 3. The number of rotatable bonds is 4. The van der Waals surface area contributed by atoms with E-state index < -0.39 is 12.6 Å². The van der Waals surface area contributed by atoms with Gasteiger partial charge in [-0.25, -0.2) is 0 Å². The van der Waals surface area contributed by atoms with Crippen molar-refractivity contribution in [2.45, 2.75) is 32.4 Å². The minimum absolute atomic E-state index is 0.135. The van der Waals surface area contributed by atoms with Crippen LogP contribution in [0.15, 0.2) is 29.1 Å². The number of aliphatic hydroxyl groups is 1. The highest BCUT2D eigenvalue weighted by Gasteiger charge is 2.28. The predicted molar refractivity (Wildman–Crippen MR) is 104 cm³/mol. The number of fused-ring (bicyclic) bond motifs is 3. The number of carbonyl (C=O) groups is 1. The Labute approximate surface area is 162 Å². The summed E-state index contributed by atoms with van der Waals surface area (Å²) in [7, 11) is 2.91. The van der Waals surface area contributed by atoms with Gasteiger partial charge in [-0.2, -0.15) is 0 Å². The van der Waals surface area contributed by atoms with Gasteiger partial charge < -0.3 is 25.0 Å². The van der Waals surface area contributed by atoms with E-state index in [9.17, 15) is 19.8 Å². The van der Waals surface area contributed by atoms with Gasteiger partial charge in [0.05, 0.1) is 26.9 Å². The minimum atomic E-state index is -0.399. The molecular formula is C21H23NO6. The van der Waals surface area contributed by atoms with Crippen LogP contribution >= 0.6 is 0 Å². The summed E-state index contributed by atoms with van der Waals surface area (Å²) in [5.41, 5.74) is 2.69. The van der Waals surface area contributed by atoms with Crippen LogP contribution in [0.2, 0.25) is 0 Å². The number of benzene rings is 1. The molecule has 1 amide bonds. The summed E-state index contributed by atoms with van der Waals surface area (Å²) >= 11 is 0. The van der Waals surface area contributed by atoms with Crippen LogP contribution in [-0.4, -0.2) is 30.3 Å². The fourth-order valence-electron chi connectivity index (χ4n) is 3.69. The summed E-state index contributed by atoms with van der Waals surface area (Å²) in [4.78, 5) is 24.3. The number of phenolic OH excluding ortho intramolecular Hbond substituents is 1. The first kappa shape index (κ1) is 19.7. The first-order valence-electron chi connectivity index (χ1n) is 8.93. The molecule has 28 heavy (non-hydrogen) atoms. The molecule has 7 nitrogen and oxygen atoms in total. The van der Waals surface area contributed by atoms with Crippen molar-refractivity contribution in [1.29, 1.82) is 0 Å². The van der Waals surface area contributed by atoms with Gasteiger partial charge in [-0.05, 0) is 41.7 Å². The number of ether oxygens (including phenoxy) is 2. The number of nitrogens with one attached hydrogen (secondary N) is 1. The van der Waals surface area contributed by atoms with Gasteiger partial charge in [0, 0.05) is 18.1 Å². The quantitative estimate of drug-likeness (QED) is 0.744. The Hall–Kier alpha value is -3.06. The summed E-state index contributed by atoms with van der Waals surface area (Å²) in [6.45, 7) is 1.03. The fourth-order valence-corrected chi connectivity index (χ4v) is 3.69. The zero-order valence-electron chi connectivity index (χ0n) is 16.0. The molecule has 0 saturated heterocycles. The van der Waals surface area contributed by atoms with Crippen LogP contribution in [0, 0.1) is 0 Å². The van der Waals surface area contributed by atoms with E-state index in [2.05, 4.69) is 5.32 Å². The molecule has 1 aliphatic rings. The lowest BCUT2D eigenvalue weighted by atomic mass is 9.95. The van der Waals surface area contributed by atoms with Crippen molar-refractivity contribution in [3.63, 3.8) is 0 Å². The second-order valence-electron chi connectivity index (χ2n) is 6.68. The highest BCUT2D eigenvalue weighted by Crippen LogP contribution is 2.49. The smallest absolute Gasteiger partial charge is 0.217 e. The number of aliphatic hydroxyl groups excluding tert-OH is 1. The summed E-state index contributed by atoms with van der Waals surface area (Å²) in [6.07, 6.45) is 1.13. The molecule has 2 aromatic carbocycles. The SMILES string of the molecule is COc1cc2c(c(OC)c1O)-c1ccc(CO)c(=O)cc1C(NC(C)=O)CC2. The normalized spacial score (nSPS) is 15.1. The van der Waals surface area contributed by atoms with E-state index >= 15 is 0 Å². The number of hydrogen-bond acceptors (Lipinski definition) is 6. The lowest BCUT2D eigenvalue weighted by Crippen LogP contribution is -2.26. The molecule has 7 heteroatoms.